The van der Waals surface area contributed by atoms with Gasteiger partial charge in [-0.25, -0.2) is 0 Å². The Morgan fingerprint density at radius 2 is 1.74 bits per heavy atom. The van der Waals surface area contributed by atoms with Crippen molar-refractivity contribution in [2.24, 2.45) is 0 Å². The molecule has 1 aromatic heterocycles. The Morgan fingerprint density at radius 3 is 2.43 bits per heavy atom. The zero-order chi connectivity index (χ0) is 16.4. The molecule has 0 spiro atoms. The summed E-state index contributed by atoms with van der Waals surface area (Å²) in [7, 11) is 3.97. The van der Waals surface area contributed by atoms with E-state index in [4.69, 9.17) is 0 Å². The van der Waals surface area contributed by atoms with Crippen LogP contribution in [0.4, 0.5) is 11.4 Å². The molecule has 0 aliphatic carbocycles. The summed E-state index contributed by atoms with van der Waals surface area (Å²) in [6, 6.07) is 17.3. The predicted molar refractivity (Wildman–Crippen MR) is 95.2 cm³/mol. The van der Waals surface area contributed by atoms with Crippen molar-refractivity contribution in [1.29, 1.82) is 0 Å². The Morgan fingerprint density at radius 1 is 1.00 bits per heavy atom. The maximum absolute atomic E-state index is 12.6. The molecule has 3 rings (SSSR count). The molecular weight excluding hydrogens is 286 g/mol. The maximum Gasteiger partial charge on any atom is 0.257 e. The van der Waals surface area contributed by atoms with E-state index in [1.807, 2.05) is 74.4 Å². The first-order chi connectivity index (χ1) is 11.0. The molecular formula is C19H19N3O. The number of amides is 1. The van der Waals surface area contributed by atoms with E-state index in [9.17, 15) is 4.79 Å². The van der Waals surface area contributed by atoms with Crippen LogP contribution in [0.2, 0.25) is 0 Å². The van der Waals surface area contributed by atoms with Gasteiger partial charge in [-0.05, 0) is 43.3 Å². The van der Waals surface area contributed by atoms with Gasteiger partial charge in [0, 0.05) is 36.6 Å². The molecule has 0 radical (unpaired) electrons. The number of rotatable bonds is 3. The van der Waals surface area contributed by atoms with Gasteiger partial charge < -0.3 is 10.2 Å². The zero-order valence-corrected chi connectivity index (χ0v) is 13.5. The monoisotopic (exact) mass is 305 g/mol. The molecule has 0 aliphatic heterocycles. The van der Waals surface area contributed by atoms with E-state index in [1.54, 1.807) is 6.07 Å². The molecule has 1 heterocycles. The van der Waals surface area contributed by atoms with Crippen molar-refractivity contribution < 1.29 is 4.79 Å². The number of aromatic nitrogens is 1. The van der Waals surface area contributed by atoms with Crippen LogP contribution in [0, 0.1) is 6.92 Å². The second-order valence-electron chi connectivity index (χ2n) is 5.73. The normalized spacial score (nSPS) is 10.6. The lowest BCUT2D eigenvalue weighted by molar-refractivity contribution is 0.102. The average Bonchev–Trinajstić information content (AvgIpc) is 2.54. The summed E-state index contributed by atoms with van der Waals surface area (Å²) in [6.45, 7) is 1.92. The molecule has 116 valence electrons. The number of carbonyl (C=O) groups is 1. The van der Waals surface area contributed by atoms with E-state index in [0.717, 1.165) is 28.0 Å². The third-order valence-corrected chi connectivity index (χ3v) is 3.75. The summed E-state index contributed by atoms with van der Waals surface area (Å²) in [6.07, 6.45) is 0. The van der Waals surface area contributed by atoms with Crippen LogP contribution in [-0.2, 0) is 0 Å². The van der Waals surface area contributed by atoms with Gasteiger partial charge in [0.2, 0.25) is 0 Å². The van der Waals surface area contributed by atoms with Crippen molar-refractivity contribution in [3.63, 3.8) is 0 Å². The topological polar surface area (TPSA) is 45.2 Å². The molecule has 4 nitrogen and oxygen atoms in total. The minimum atomic E-state index is -0.147. The number of nitrogens with zero attached hydrogens (tertiary/aromatic N) is 2. The summed E-state index contributed by atoms with van der Waals surface area (Å²) in [5.41, 5.74) is 4.07. The van der Waals surface area contributed by atoms with E-state index >= 15 is 0 Å². The van der Waals surface area contributed by atoms with Crippen molar-refractivity contribution in [3.05, 3.63) is 65.9 Å². The summed E-state index contributed by atoms with van der Waals surface area (Å²) in [5, 5.41) is 3.90. The minimum absolute atomic E-state index is 0.147. The van der Waals surface area contributed by atoms with Crippen LogP contribution in [-0.4, -0.2) is 25.0 Å². The lowest BCUT2D eigenvalue weighted by atomic mass is 10.1. The fourth-order valence-electron chi connectivity index (χ4n) is 2.47. The van der Waals surface area contributed by atoms with Gasteiger partial charge in [-0.1, -0.05) is 18.2 Å². The number of nitrogens with one attached hydrogen (secondary N) is 1. The lowest BCUT2D eigenvalue weighted by Gasteiger charge is -2.13. The van der Waals surface area contributed by atoms with Gasteiger partial charge in [0.05, 0.1) is 11.1 Å². The van der Waals surface area contributed by atoms with Crippen LogP contribution >= 0.6 is 0 Å². The molecule has 0 aliphatic rings. The molecule has 4 heteroatoms. The second-order valence-corrected chi connectivity index (χ2v) is 5.73. The quantitative estimate of drug-likeness (QED) is 0.799. The second kappa shape index (κ2) is 6.08. The third kappa shape index (κ3) is 3.16. The number of anilines is 2. The standard InChI is InChI=1S/C19H19N3O/c1-13-7-8-14-5-4-6-17(18(14)20-13)19(23)21-15-9-11-16(12-10-15)22(2)3/h4-12H,1-3H3,(H,21,23). The molecule has 1 N–H and O–H groups in total. The summed E-state index contributed by atoms with van der Waals surface area (Å²) in [4.78, 5) is 19.1. The maximum atomic E-state index is 12.6. The zero-order valence-electron chi connectivity index (χ0n) is 13.5. The van der Waals surface area contributed by atoms with Crippen LogP contribution in [0.1, 0.15) is 16.1 Å². The van der Waals surface area contributed by atoms with Gasteiger partial charge in [0.1, 0.15) is 0 Å². The van der Waals surface area contributed by atoms with Crippen molar-refractivity contribution in [2.45, 2.75) is 6.92 Å². The lowest BCUT2D eigenvalue weighted by Crippen LogP contribution is -2.13. The van der Waals surface area contributed by atoms with Crippen LogP contribution in [0.25, 0.3) is 10.9 Å². The minimum Gasteiger partial charge on any atom is -0.378 e. The largest absolute Gasteiger partial charge is 0.378 e. The fourth-order valence-corrected chi connectivity index (χ4v) is 2.47. The van der Waals surface area contributed by atoms with Crippen molar-refractivity contribution in [1.82, 2.24) is 4.98 Å². The molecule has 0 unspecified atom stereocenters. The molecule has 0 bridgehead atoms. The Hall–Kier alpha value is -2.88. The highest BCUT2D eigenvalue weighted by Gasteiger charge is 2.11. The molecule has 0 saturated carbocycles. The molecule has 0 saturated heterocycles. The first-order valence-electron chi connectivity index (χ1n) is 7.50. The van der Waals surface area contributed by atoms with Gasteiger partial charge in [0.25, 0.3) is 5.91 Å². The van der Waals surface area contributed by atoms with Gasteiger partial charge in [0.15, 0.2) is 0 Å². The SMILES string of the molecule is Cc1ccc2cccc(C(=O)Nc3ccc(N(C)C)cc3)c2n1. The molecule has 3 aromatic rings. The van der Waals surface area contributed by atoms with Gasteiger partial charge >= 0.3 is 0 Å². The van der Waals surface area contributed by atoms with Crippen LogP contribution in [0.3, 0.4) is 0 Å². The number of fused-ring (bicyclic) bond motifs is 1. The summed E-state index contributed by atoms with van der Waals surface area (Å²) in [5.74, 6) is -0.147. The third-order valence-electron chi connectivity index (χ3n) is 3.75. The molecule has 0 fully saturated rings. The average molecular weight is 305 g/mol. The first-order valence-corrected chi connectivity index (χ1v) is 7.50. The van der Waals surface area contributed by atoms with E-state index in [1.165, 1.54) is 0 Å². The summed E-state index contributed by atoms with van der Waals surface area (Å²) >= 11 is 0. The van der Waals surface area contributed by atoms with Gasteiger partial charge in [-0.3, -0.25) is 9.78 Å². The van der Waals surface area contributed by atoms with E-state index in [2.05, 4.69) is 10.3 Å². The molecule has 23 heavy (non-hydrogen) atoms. The summed E-state index contributed by atoms with van der Waals surface area (Å²) < 4.78 is 0. The van der Waals surface area contributed by atoms with Crippen molar-refractivity contribution in [3.8, 4) is 0 Å². The van der Waals surface area contributed by atoms with Gasteiger partial charge in [-0.2, -0.15) is 0 Å². The number of pyridine rings is 1. The Bertz CT molecular complexity index is 854. The number of benzene rings is 2. The number of hydrogen-bond donors (Lipinski definition) is 1. The highest BCUT2D eigenvalue weighted by Crippen LogP contribution is 2.20. The highest BCUT2D eigenvalue weighted by molar-refractivity contribution is 6.11. The number of para-hydroxylation sites is 1. The van der Waals surface area contributed by atoms with E-state index in [-0.39, 0.29) is 5.91 Å². The number of aryl methyl sites for hydroxylation is 1. The number of carbonyl (C=O) groups excluding carboxylic acids is 1. The van der Waals surface area contributed by atoms with Crippen LogP contribution in [0.5, 0.6) is 0 Å². The van der Waals surface area contributed by atoms with Crippen molar-refractivity contribution in [2.75, 3.05) is 24.3 Å². The van der Waals surface area contributed by atoms with E-state index < -0.39 is 0 Å². The highest BCUT2D eigenvalue weighted by atomic mass is 16.1. The fraction of sp³-hybridized carbons (Fsp3) is 0.158. The first kappa shape index (κ1) is 15.0. The number of hydrogen-bond acceptors (Lipinski definition) is 3. The molecule has 1 amide bonds. The van der Waals surface area contributed by atoms with Gasteiger partial charge in [-0.15, -0.1) is 0 Å². The Labute approximate surface area is 135 Å². The van der Waals surface area contributed by atoms with Crippen LogP contribution in [0.15, 0.2) is 54.6 Å². The Balaban J connectivity index is 1.90. The smallest absolute Gasteiger partial charge is 0.257 e. The van der Waals surface area contributed by atoms with Crippen molar-refractivity contribution >= 4 is 28.2 Å². The molecule has 0 atom stereocenters. The Kier molecular flexibility index (Phi) is 3.98. The predicted octanol–water partition coefficient (Wildman–Crippen LogP) is 3.86. The molecule has 2 aromatic carbocycles. The van der Waals surface area contributed by atoms with E-state index in [0.29, 0.717) is 5.56 Å². The van der Waals surface area contributed by atoms with Crippen LogP contribution < -0.4 is 10.2 Å².